The predicted octanol–water partition coefficient (Wildman–Crippen LogP) is 4.52. The van der Waals surface area contributed by atoms with Gasteiger partial charge in [-0.25, -0.2) is 4.79 Å². The third kappa shape index (κ3) is 3.49. The topological polar surface area (TPSA) is 64.3 Å². The third-order valence-electron chi connectivity index (χ3n) is 2.98. The maximum absolute atomic E-state index is 11.9. The van der Waals surface area contributed by atoms with E-state index in [1.165, 1.54) is 13.2 Å². The number of rotatable bonds is 3. The van der Waals surface area contributed by atoms with E-state index < -0.39 is 5.97 Å². The van der Waals surface area contributed by atoms with Gasteiger partial charge in [-0.05, 0) is 36.8 Å². The highest BCUT2D eigenvalue weighted by Gasteiger charge is 2.17. The van der Waals surface area contributed by atoms with Crippen LogP contribution in [0, 0.1) is 6.92 Å². The Labute approximate surface area is 136 Å². The van der Waals surface area contributed by atoms with Crippen molar-refractivity contribution in [2.45, 2.75) is 6.92 Å². The molecule has 0 spiro atoms. The first-order valence-corrected chi connectivity index (χ1v) is 7.30. The molecule has 3 N–H and O–H groups in total. The second-order valence-corrected chi connectivity index (χ2v) is 5.82. The second-order valence-electron chi connectivity index (χ2n) is 4.50. The van der Waals surface area contributed by atoms with Crippen molar-refractivity contribution in [3.8, 4) is 0 Å². The molecule has 0 radical (unpaired) electrons. The first-order valence-electron chi connectivity index (χ1n) is 6.13. The highest BCUT2D eigenvalue weighted by molar-refractivity contribution is 9.10. The van der Waals surface area contributed by atoms with Gasteiger partial charge in [-0.3, -0.25) is 0 Å². The van der Waals surface area contributed by atoms with Crippen LogP contribution >= 0.6 is 27.5 Å². The summed E-state index contributed by atoms with van der Waals surface area (Å²) in [5.41, 5.74) is 8.76. The lowest BCUT2D eigenvalue weighted by Crippen LogP contribution is -2.08. The van der Waals surface area contributed by atoms with Crippen LogP contribution in [0.4, 0.5) is 17.1 Å². The van der Waals surface area contributed by atoms with Gasteiger partial charge in [0, 0.05) is 15.8 Å². The van der Waals surface area contributed by atoms with Gasteiger partial charge < -0.3 is 15.8 Å². The van der Waals surface area contributed by atoms with E-state index in [4.69, 9.17) is 22.1 Å². The van der Waals surface area contributed by atoms with E-state index in [0.29, 0.717) is 22.0 Å². The minimum Gasteiger partial charge on any atom is -0.465 e. The number of halogens is 2. The quantitative estimate of drug-likeness (QED) is 0.616. The second kappa shape index (κ2) is 6.37. The van der Waals surface area contributed by atoms with Gasteiger partial charge in [0.1, 0.15) is 0 Å². The molecule has 0 amide bonds. The zero-order valence-electron chi connectivity index (χ0n) is 11.5. The molecule has 0 saturated heterocycles. The van der Waals surface area contributed by atoms with Crippen molar-refractivity contribution in [3.05, 3.63) is 51.0 Å². The first-order chi connectivity index (χ1) is 9.92. The molecule has 0 heterocycles. The average molecular weight is 370 g/mol. The fourth-order valence-electron chi connectivity index (χ4n) is 1.89. The zero-order valence-corrected chi connectivity index (χ0v) is 13.9. The number of nitrogens with two attached hydrogens (primary N) is 1. The van der Waals surface area contributed by atoms with Crippen molar-refractivity contribution >= 4 is 50.6 Å². The maximum atomic E-state index is 11.9. The van der Waals surface area contributed by atoms with Gasteiger partial charge in [-0.15, -0.1) is 0 Å². The molecule has 0 aromatic heterocycles. The number of anilines is 3. The number of methoxy groups -OCH3 is 1. The molecule has 0 atom stereocenters. The highest BCUT2D eigenvalue weighted by atomic mass is 79.9. The van der Waals surface area contributed by atoms with Crippen molar-refractivity contribution in [1.29, 1.82) is 0 Å². The fraction of sp³-hybridized carbons (Fsp3) is 0.133. The Bertz CT molecular complexity index is 704. The molecule has 4 nitrogen and oxygen atoms in total. The zero-order chi connectivity index (χ0) is 15.6. The molecule has 0 aliphatic carbocycles. The summed E-state index contributed by atoms with van der Waals surface area (Å²) in [7, 11) is 1.31. The number of benzene rings is 2. The van der Waals surface area contributed by atoms with Crippen molar-refractivity contribution < 1.29 is 9.53 Å². The lowest BCUT2D eigenvalue weighted by atomic mass is 10.1. The number of carbonyl (C=O) groups is 1. The van der Waals surface area contributed by atoms with Crippen LogP contribution in [0.2, 0.25) is 5.02 Å². The van der Waals surface area contributed by atoms with Gasteiger partial charge in [0.05, 0.1) is 23.4 Å². The molecule has 2 aromatic carbocycles. The Balaban J connectivity index is 2.53. The monoisotopic (exact) mass is 368 g/mol. The van der Waals surface area contributed by atoms with Gasteiger partial charge in [-0.2, -0.15) is 0 Å². The van der Waals surface area contributed by atoms with E-state index in [0.717, 1.165) is 15.7 Å². The van der Waals surface area contributed by atoms with Gasteiger partial charge in [0.25, 0.3) is 0 Å². The van der Waals surface area contributed by atoms with Crippen LogP contribution in [0.1, 0.15) is 15.9 Å². The van der Waals surface area contributed by atoms with E-state index in [2.05, 4.69) is 21.2 Å². The molecule has 21 heavy (non-hydrogen) atoms. The SMILES string of the molecule is COC(=O)c1cc(N)cc(Cl)c1Nc1cc(Br)ccc1C. The van der Waals surface area contributed by atoms with Gasteiger partial charge in [0.15, 0.2) is 0 Å². The van der Waals surface area contributed by atoms with E-state index in [9.17, 15) is 4.79 Å². The Kier molecular flexibility index (Phi) is 4.75. The van der Waals surface area contributed by atoms with Gasteiger partial charge in [-0.1, -0.05) is 33.6 Å². The molecule has 0 bridgehead atoms. The molecular weight excluding hydrogens is 356 g/mol. The average Bonchev–Trinajstić information content (AvgIpc) is 2.44. The Morgan fingerprint density at radius 1 is 1.33 bits per heavy atom. The largest absolute Gasteiger partial charge is 0.465 e. The molecule has 0 unspecified atom stereocenters. The van der Waals surface area contributed by atoms with Crippen LogP contribution < -0.4 is 11.1 Å². The summed E-state index contributed by atoms with van der Waals surface area (Å²) in [6, 6.07) is 8.92. The molecule has 2 aromatic rings. The molecular formula is C15H14BrClN2O2. The number of nitrogens with one attached hydrogen (secondary N) is 1. The standard InChI is InChI=1S/C15H14BrClN2O2/c1-8-3-4-9(16)5-13(8)19-14-11(15(20)21-2)6-10(18)7-12(14)17/h3-7,19H,18H2,1-2H3. The van der Waals surface area contributed by atoms with Crippen molar-refractivity contribution in [1.82, 2.24) is 0 Å². The summed E-state index contributed by atoms with van der Waals surface area (Å²) in [5, 5.41) is 3.53. The summed E-state index contributed by atoms with van der Waals surface area (Å²) >= 11 is 9.63. The minimum absolute atomic E-state index is 0.293. The Morgan fingerprint density at radius 2 is 2.05 bits per heavy atom. The Hall–Kier alpha value is -1.72. The third-order valence-corrected chi connectivity index (χ3v) is 3.77. The number of hydrogen-bond donors (Lipinski definition) is 2. The van der Waals surface area contributed by atoms with Crippen LogP contribution in [0.15, 0.2) is 34.8 Å². The number of esters is 1. The lowest BCUT2D eigenvalue weighted by Gasteiger charge is -2.15. The van der Waals surface area contributed by atoms with Gasteiger partial charge in [0.2, 0.25) is 0 Å². The Morgan fingerprint density at radius 3 is 2.71 bits per heavy atom. The fourth-order valence-corrected chi connectivity index (χ4v) is 2.53. The number of aryl methyl sites for hydroxylation is 1. The smallest absolute Gasteiger partial charge is 0.340 e. The molecule has 2 rings (SSSR count). The van der Waals surface area contributed by atoms with E-state index >= 15 is 0 Å². The molecule has 0 saturated carbocycles. The molecule has 6 heteroatoms. The molecule has 0 fully saturated rings. The van der Waals surface area contributed by atoms with Crippen LogP contribution in [-0.4, -0.2) is 13.1 Å². The summed E-state index contributed by atoms with van der Waals surface area (Å²) in [4.78, 5) is 11.9. The van der Waals surface area contributed by atoms with E-state index in [1.807, 2.05) is 25.1 Å². The summed E-state index contributed by atoms with van der Waals surface area (Å²) in [6.45, 7) is 1.96. The number of ether oxygens (including phenoxy) is 1. The van der Waals surface area contributed by atoms with Crippen LogP contribution in [-0.2, 0) is 4.74 Å². The highest BCUT2D eigenvalue weighted by Crippen LogP contribution is 2.34. The van der Waals surface area contributed by atoms with E-state index in [1.54, 1.807) is 6.07 Å². The number of nitrogen functional groups attached to an aromatic ring is 1. The summed E-state index contributed by atoms with van der Waals surface area (Å²) < 4.78 is 5.69. The van der Waals surface area contributed by atoms with Crippen molar-refractivity contribution in [2.24, 2.45) is 0 Å². The van der Waals surface area contributed by atoms with Gasteiger partial charge >= 0.3 is 5.97 Å². The molecule has 110 valence electrons. The predicted molar refractivity (Wildman–Crippen MR) is 89.4 cm³/mol. The van der Waals surface area contributed by atoms with Crippen LogP contribution in [0.5, 0.6) is 0 Å². The summed E-state index contributed by atoms with van der Waals surface area (Å²) in [6.07, 6.45) is 0. The van der Waals surface area contributed by atoms with Crippen LogP contribution in [0.3, 0.4) is 0 Å². The number of carbonyl (C=O) groups excluding carboxylic acids is 1. The normalized spacial score (nSPS) is 10.3. The number of hydrogen-bond acceptors (Lipinski definition) is 4. The van der Waals surface area contributed by atoms with Crippen molar-refractivity contribution in [2.75, 3.05) is 18.2 Å². The first kappa shape index (κ1) is 15.7. The molecule has 0 aliphatic heterocycles. The lowest BCUT2D eigenvalue weighted by molar-refractivity contribution is 0.0602. The van der Waals surface area contributed by atoms with Crippen molar-refractivity contribution in [3.63, 3.8) is 0 Å². The maximum Gasteiger partial charge on any atom is 0.340 e. The molecule has 0 aliphatic rings. The van der Waals surface area contributed by atoms with Crippen LogP contribution in [0.25, 0.3) is 0 Å². The minimum atomic E-state index is -0.501. The van der Waals surface area contributed by atoms with E-state index in [-0.39, 0.29) is 0 Å². The summed E-state index contributed by atoms with van der Waals surface area (Å²) in [5.74, 6) is -0.501.